The zero-order chi connectivity index (χ0) is 25.0. The lowest BCUT2D eigenvalue weighted by atomic mass is 10.1. The van der Waals surface area contributed by atoms with Gasteiger partial charge >= 0.3 is 0 Å². The lowest BCUT2D eigenvalue weighted by Crippen LogP contribution is -2.34. The summed E-state index contributed by atoms with van der Waals surface area (Å²) in [4.78, 5) is 36.2. The van der Waals surface area contributed by atoms with Crippen molar-refractivity contribution in [3.63, 3.8) is 0 Å². The van der Waals surface area contributed by atoms with Crippen LogP contribution in [0.2, 0.25) is 0 Å². The SMILES string of the molecule is CCCCOc1ccc(C(=O)N/C(=C/c2ccc([N+](=O)[O-])cc2)C(=O)NCc2ccccc2)cc1. The van der Waals surface area contributed by atoms with Crippen LogP contribution in [0.15, 0.2) is 84.6 Å². The molecule has 0 atom stereocenters. The number of nitrogens with zero attached hydrogens (tertiary/aromatic N) is 1. The van der Waals surface area contributed by atoms with Crippen molar-refractivity contribution in [1.29, 1.82) is 0 Å². The summed E-state index contributed by atoms with van der Waals surface area (Å²) in [6.07, 6.45) is 3.44. The monoisotopic (exact) mass is 473 g/mol. The number of ether oxygens (including phenoxy) is 1. The van der Waals surface area contributed by atoms with E-state index < -0.39 is 16.7 Å². The number of carbonyl (C=O) groups is 2. The molecule has 35 heavy (non-hydrogen) atoms. The number of nitrogens with one attached hydrogen (secondary N) is 2. The minimum absolute atomic E-state index is 0.0167. The minimum atomic E-state index is -0.502. The molecular formula is C27H27N3O5. The molecule has 8 heteroatoms. The summed E-state index contributed by atoms with van der Waals surface area (Å²) in [7, 11) is 0. The van der Waals surface area contributed by atoms with Gasteiger partial charge in [0.2, 0.25) is 0 Å². The number of hydrogen-bond acceptors (Lipinski definition) is 5. The van der Waals surface area contributed by atoms with Gasteiger partial charge in [0.1, 0.15) is 11.4 Å². The molecule has 0 saturated carbocycles. The topological polar surface area (TPSA) is 111 Å². The first-order valence-corrected chi connectivity index (χ1v) is 11.3. The average molecular weight is 474 g/mol. The fraction of sp³-hybridized carbons (Fsp3) is 0.185. The summed E-state index contributed by atoms with van der Waals surface area (Å²) in [5.74, 6) is -0.287. The van der Waals surface area contributed by atoms with Crippen molar-refractivity contribution in [2.24, 2.45) is 0 Å². The smallest absolute Gasteiger partial charge is 0.269 e. The Balaban J connectivity index is 1.76. The number of benzene rings is 3. The van der Waals surface area contributed by atoms with Crippen LogP contribution in [0, 0.1) is 10.1 Å². The highest BCUT2D eigenvalue weighted by Gasteiger charge is 2.15. The molecule has 0 fully saturated rings. The molecule has 3 aromatic rings. The zero-order valence-electron chi connectivity index (χ0n) is 19.4. The Bertz CT molecular complexity index is 1170. The van der Waals surface area contributed by atoms with Crippen molar-refractivity contribution >= 4 is 23.6 Å². The third-order valence-electron chi connectivity index (χ3n) is 5.09. The van der Waals surface area contributed by atoms with Crippen LogP contribution in [0.25, 0.3) is 6.08 Å². The maximum atomic E-state index is 12.9. The van der Waals surface area contributed by atoms with E-state index in [-0.39, 0.29) is 17.9 Å². The van der Waals surface area contributed by atoms with Crippen molar-refractivity contribution in [3.8, 4) is 5.75 Å². The van der Waals surface area contributed by atoms with Crippen LogP contribution in [0.4, 0.5) is 5.69 Å². The number of rotatable bonds is 11. The van der Waals surface area contributed by atoms with Crippen LogP contribution in [-0.4, -0.2) is 23.3 Å². The van der Waals surface area contributed by atoms with Crippen LogP contribution in [0.1, 0.15) is 41.3 Å². The molecule has 0 bridgehead atoms. The number of nitro groups is 1. The number of carbonyl (C=O) groups excluding carboxylic acids is 2. The van der Waals surface area contributed by atoms with E-state index in [9.17, 15) is 19.7 Å². The standard InChI is InChI=1S/C27H27N3O5/c1-2-3-17-35-24-15-11-22(12-16-24)26(31)29-25(18-20-9-13-23(14-10-20)30(33)34)27(32)28-19-21-7-5-4-6-8-21/h4-16,18H,2-3,17,19H2,1H3,(H,28,32)(H,29,31)/b25-18+. The molecular weight excluding hydrogens is 446 g/mol. The first-order chi connectivity index (χ1) is 17.0. The van der Waals surface area contributed by atoms with Crippen molar-refractivity contribution < 1.29 is 19.2 Å². The zero-order valence-corrected chi connectivity index (χ0v) is 19.4. The van der Waals surface area contributed by atoms with Crippen molar-refractivity contribution in [3.05, 3.63) is 111 Å². The van der Waals surface area contributed by atoms with Crippen LogP contribution >= 0.6 is 0 Å². The van der Waals surface area contributed by atoms with Gasteiger partial charge in [-0.15, -0.1) is 0 Å². The van der Waals surface area contributed by atoms with Gasteiger partial charge in [0.25, 0.3) is 17.5 Å². The second kappa shape index (κ2) is 12.7. The first-order valence-electron chi connectivity index (χ1n) is 11.3. The van der Waals surface area contributed by atoms with E-state index in [2.05, 4.69) is 17.6 Å². The van der Waals surface area contributed by atoms with Crippen molar-refractivity contribution in [2.75, 3.05) is 6.61 Å². The second-order valence-electron chi connectivity index (χ2n) is 7.76. The molecule has 0 saturated heterocycles. The maximum Gasteiger partial charge on any atom is 0.269 e. The molecule has 0 heterocycles. The Morgan fingerprint density at radius 1 is 0.971 bits per heavy atom. The molecule has 2 N–H and O–H groups in total. The van der Waals surface area contributed by atoms with Gasteiger partial charge in [0.05, 0.1) is 11.5 Å². The van der Waals surface area contributed by atoms with Gasteiger partial charge in [0.15, 0.2) is 0 Å². The molecule has 3 aromatic carbocycles. The molecule has 0 aliphatic rings. The van der Waals surface area contributed by atoms with Crippen LogP contribution < -0.4 is 15.4 Å². The fourth-order valence-electron chi connectivity index (χ4n) is 3.12. The van der Waals surface area contributed by atoms with Crippen molar-refractivity contribution in [2.45, 2.75) is 26.3 Å². The number of hydrogen-bond donors (Lipinski definition) is 2. The van der Waals surface area contributed by atoms with E-state index in [1.807, 2.05) is 30.3 Å². The maximum absolute atomic E-state index is 12.9. The van der Waals surface area contributed by atoms with E-state index in [1.54, 1.807) is 24.3 Å². The van der Waals surface area contributed by atoms with Gasteiger partial charge in [-0.3, -0.25) is 19.7 Å². The Hall–Kier alpha value is -4.46. The molecule has 8 nitrogen and oxygen atoms in total. The first kappa shape index (κ1) is 25.2. The highest BCUT2D eigenvalue weighted by Crippen LogP contribution is 2.16. The number of non-ortho nitro benzene ring substituents is 1. The largest absolute Gasteiger partial charge is 0.494 e. The molecule has 0 unspecified atom stereocenters. The predicted octanol–water partition coefficient (Wildman–Crippen LogP) is 4.86. The molecule has 0 aliphatic heterocycles. The Morgan fingerprint density at radius 2 is 1.66 bits per heavy atom. The van der Waals surface area contributed by atoms with E-state index in [1.165, 1.54) is 30.3 Å². The highest BCUT2D eigenvalue weighted by molar-refractivity contribution is 6.05. The van der Waals surface area contributed by atoms with E-state index >= 15 is 0 Å². The second-order valence-corrected chi connectivity index (χ2v) is 7.76. The summed E-state index contributed by atoms with van der Waals surface area (Å²) < 4.78 is 5.62. The average Bonchev–Trinajstić information content (AvgIpc) is 2.88. The lowest BCUT2D eigenvalue weighted by Gasteiger charge is -2.12. The van der Waals surface area contributed by atoms with E-state index in [0.29, 0.717) is 23.5 Å². The summed E-state index contributed by atoms with van der Waals surface area (Å²) in [6, 6.07) is 21.7. The van der Waals surface area contributed by atoms with Gasteiger partial charge in [-0.2, -0.15) is 0 Å². The summed E-state index contributed by atoms with van der Waals surface area (Å²) >= 11 is 0. The molecule has 2 amide bonds. The van der Waals surface area contributed by atoms with Crippen LogP contribution in [0.5, 0.6) is 5.75 Å². The van der Waals surface area contributed by atoms with Gasteiger partial charge in [-0.05, 0) is 60.0 Å². The molecule has 3 rings (SSSR count). The molecule has 180 valence electrons. The molecule has 0 spiro atoms. The third-order valence-corrected chi connectivity index (χ3v) is 5.09. The van der Waals surface area contributed by atoms with E-state index in [0.717, 1.165) is 18.4 Å². The highest BCUT2D eigenvalue weighted by atomic mass is 16.6. The number of amides is 2. The summed E-state index contributed by atoms with van der Waals surface area (Å²) in [5, 5.41) is 16.4. The van der Waals surface area contributed by atoms with E-state index in [4.69, 9.17) is 4.74 Å². The quantitative estimate of drug-likeness (QED) is 0.179. The Kier molecular flexibility index (Phi) is 9.13. The van der Waals surface area contributed by atoms with Gasteiger partial charge in [-0.1, -0.05) is 43.7 Å². The Morgan fingerprint density at radius 3 is 2.29 bits per heavy atom. The minimum Gasteiger partial charge on any atom is -0.494 e. The number of nitro benzene ring substituents is 1. The predicted molar refractivity (Wildman–Crippen MR) is 134 cm³/mol. The van der Waals surface area contributed by atoms with Crippen LogP contribution in [0.3, 0.4) is 0 Å². The number of unbranched alkanes of at least 4 members (excludes halogenated alkanes) is 1. The van der Waals surface area contributed by atoms with Crippen LogP contribution in [-0.2, 0) is 11.3 Å². The normalized spacial score (nSPS) is 10.9. The molecule has 0 radical (unpaired) electrons. The van der Waals surface area contributed by atoms with Crippen molar-refractivity contribution in [1.82, 2.24) is 10.6 Å². The Labute approximate surface area is 203 Å². The van der Waals surface area contributed by atoms with Gasteiger partial charge in [-0.25, -0.2) is 0 Å². The van der Waals surface area contributed by atoms with Gasteiger partial charge < -0.3 is 15.4 Å². The third kappa shape index (κ3) is 7.82. The molecule has 0 aliphatic carbocycles. The summed E-state index contributed by atoms with van der Waals surface area (Å²) in [5.41, 5.74) is 1.74. The van der Waals surface area contributed by atoms with Gasteiger partial charge in [0, 0.05) is 24.2 Å². The lowest BCUT2D eigenvalue weighted by molar-refractivity contribution is -0.384. The fourth-order valence-corrected chi connectivity index (χ4v) is 3.12. The molecule has 0 aromatic heterocycles. The summed E-state index contributed by atoms with van der Waals surface area (Å²) in [6.45, 7) is 2.96.